The topological polar surface area (TPSA) is 73.5 Å². The van der Waals surface area contributed by atoms with Crippen LogP contribution in [0.4, 0.5) is 5.69 Å². The summed E-state index contributed by atoms with van der Waals surface area (Å²) in [6, 6.07) is 12.8. The first-order valence-electron chi connectivity index (χ1n) is 7.07. The molecule has 0 spiro atoms. The Morgan fingerprint density at radius 1 is 0.909 bits per heavy atom. The standard InChI is InChI=1S/C15H17N3O3S/c19-15-14(7-4-8-16-15)22(20,21)18-11-9-17(10-12-18)13-5-2-1-3-6-13/h1-8H,9-12H2,(H,16,19). The van der Waals surface area contributed by atoms with E-state index in [-0.39, 0.29) is 4.90 Å². The molecule has 2 aromatic rings. The zero-order valence-corrected chi connectivity index (χ0v) is 12.8. The maximum absolute atomic E-state index is 12.5. The van der Waals surface area contributed by atoms with Crippen LogP contribution in [0.1, 0.15) is 0 Å². The van der Waals surface area contributed by atoms with Gasteiger partial charge in [-0.2, -0.15) is 4.31 Å². The Morgan fingerprint density at radius 3 is 2.23 bits per heavy atom. The molecule has 0 radical (unpaired) electrons. The molecule has 2 heterocycles. The molecule has 0 atom stereocenters. The van der Waals surface area contributed by atoms with Crippen LogP contribution in [0.15, 0.2) is 58.4 Å². The normalized spacial score (nSPS) is 16.6. The fourth-order valence-corrected chi connectivity index (χ4v) is 4.04. The number of sulfonamides is 1. The Hall–Kier alpha value is -2.12. The summed E-state index contributed by atoms with van der Waals surface area (Å²) in [5.41, 5.74) is 0.505. The molecule has 1 aliphatic heterocycles. The Kier molecular flexibility index (Phi) is 4.00. The van der Waals surface area contributed by atoms with Gasteiger partial charge in [0.25, 0.3) is 5.56 Å². The predicted molar refractivity (Wildman–Crippen MR) is 84.5 cm³/mol. The molecule has 1 N–H and O–H groups in total. The van der Waals surface area contributed by atoms with E-state index in [1.165, 1.54) is 22.6 Å². The SMILES string of the molecule is O=c1[nH]cccc1S(=O)(=O)N1CCN(c2ccccc2)CC1. The lowest BCUT2D eigenvalue weighted by molar-refractivity contribution is 0.384. The molecule has 22 heavy (non-hydrogen) atoms. The van der Waals surface area contributed by atoms with E-state index in [2.05, 4.69) is 9.88 Å². The highest BCUT2D eigenvalue weighted by atomic mass is 32.2. The van der Waals surface area contributed by atoms with Crippen molar-refractivity contribution < 1.29 is 8.42 Å². The molecule has 0 amide bonds. The number of aromatic amines is 1. The molecular formula is C15H17N3O3S. The number of hydrogen-bond acceptors (Lipinski definition) is 4. The summed E-state index contributed by atoms with van der Waals surface area (Å²) < 4.78 is 26.4. The van der Waals surface area contributed by atoms with Crippen LogP contribution < -0.4 is 10.5 Å². The molecule has 1 aromatic carbocycles. The molecular weight excluding hydrogens is 302 g/mol. The summed E-state index contributed by atoms with van der Waals surface area (Å²) in [5, 5.41) is 0. The molecule has 116 valence electrons. The van der Waals surface area contributed by atoms with Crippen molar-refractivity contribution in [3.8, 4) is 0 Å². The van der Waals surface area contributed by atoms with E-state index in [0.29, 0.717) is 26.2 Å². The van der Waals surface area contributed by atoms with Gasteiger partial charge < -0.3 is 9.88 Å². The van der Waals surface area contributed by atoms with Gasteiger partial charge in [0.1, 0.15) is 4.90 Å². The van der Waals surface area contributed by atoms with Crippen LogP contribution in [0.5, 0.6) is 0 Å². The van der Waals surface area contributed by atoms with E-state index in [9.17, 15) is 13.2 Å². The van der Waals surface area contributed by atoms with Gasteiger partial charge in [-0.15, -0.1) is 0 Å². The van der Waals surface area contributed by atoms with Crippen molar-refractivity contribution in [3.63, 3.8) is 0 Å². The second kappa shape index (κ2) is 5.94. The highest BCUT2D eigenvalue weighted by Crippen LogP contribution is 2.19. The van der Waals surface area contributed by atoms with Gasteiger partial charge in [0.15, 0.2) is 0 Å². The second-order valence-corrected chi connectivity index (χ2v) is 7.00. The molecule has 0 aliphatic carbocycles. The summed E-state index contributed by atoms with van der Waals surface area (Å²) >= 11 is 0. The lowest BCUT2D eigenvalue weighted by Crippen LogP contribution is -2.49. The summed E-state index contributed by atoms with van der Waals surface area (Å²) in [7, 11) is -3.74. The minimum absolute atomic E-state index is 0.192. The summed E-state index contributed by atoms with van der Waals surface area (Å²) in [6.07, 6.45) is 1.43. The van der Waals surface area contributed by atoms with E-state index >= 15 is 0 Å². The van der Waals surface area contributed by atoms with Crippen molar-refractivity contribution in [1.82, 2.24) is 9.29 Å². The van der Waals surface area contributed by atoms with E-state index in [1.807, 2.05) is 30.3 Å². The van der Waals surface area contributed by atoms with Crippen LogP contribution >= 0.6 is 0 Å². The summed E-state index contributed by atoms with van der Waals surface area (Å²) in [5.74, 6) is 0. The van der Waals surface area contributed by atoms with E-state index < -0.39 is 15.6 Å². The fraction of sp³-hybridized carbons (Fsp3) is 0.267. The Bertz CT molecular complexity index is 794. The third-order valence-corrected chi connectivity index (χ3v) is 5.68. The van der Waals surface area contributed by atoms with Crippen molar-refractivity contribution in [2.45, 2.75) is 4.90 Å². The van der Waals surface area contributed by atoms with Crippen molar-refractivity contribution >= 4 is 15.7 Å². The van der Waals surface area contributed by atoms with Gasteiger partial charge in [0.2, 0.25) is 10.0 Å². The molecule has 1 aromatic heterocycles. The number of H-pyrrole nitrogens is 1. The van der Waals surface area contributed by atoms with Crippen LogP contribution in [0.2, 0.25) is 0 Å². The Balaban J connectivity index is 1.77. The van der Waals surface area contributed by atoms with E-state index in [1.54, 1.807) is 0 Å². The number of pyridine rings is 1. The van der Waals surface area contributed by atoms with Gasteiger partial charge in [0, 0.05) is 38.1 Å². The molecule has 0 unspecified atom stereocenters. The number of aromatic nitrogens is 1. The first kappa shape index (κ1) is 14.8. The molecule has 1 saturated heterocycles. The maximum Gasteiger partial charge on any atom is 0.268 e. The zero-order chi connectivity index (χ0) is 15.6. The highest BCUT2D eigenvalue weighted by Gasteiger charge is 2.30. The Labute approximate surface area is 129 Å². The first-order valence-corrected chi connectivity index (χ1v) is 8.51. The Morgan fingerprint density at radius 2 is 1.59 bits per heavy atom. The largest absolute Gasteiger partial charge is 0.369 e. The predicted octanol–water partition coefficient (Wildman–Crippen LogP) is 0.886. The number of nitrogens with zero attached hydrogens (tertiary/aromatic N) is 2. The minimum atomic E-state index is -3.74. The number of hydrogen-bond donors (Lipinski definition) is 1. The molecule has 0 saturated carbocycles. The first-order chi connectivity index (χ1) is 10.6. The van der Waals surface area contributed by atoms with Gasteiger partial charge in [-0.05, 0) is 24.3 Å². The average molecular weight is 319 g/mol. The zero-order valence-electron chi connectivity index (χ0n) is 12.0. The molecule has 1 fully saturated rings. The average Bonchev–Trinajstić information content (AvgIpc) is 2.56. The van der Waals surface area contributed by atoms with Crippen molar-refractivity contribution in [2.75, 3.05) is 31.1 Å². The van der Waals surface area contributed by atoms with Gasteiger partial charge in [0.05, 0.1) is 0 Å². The molecule has 3 rings (SSSR count). The number of benzene rings is 1. The third-order valence-electron chi connectivity index (χ3n) is 3.76. The molecule has 7 heteroatoms. The molecule has 0 bridgehead atoms. The van der Waals surface area contributed by atoms with Gasteiger partial charge >= 0.3 is 0 Å². The number of para-hydroxylation sites is 1. The fourth-order valence-electron chi connectivity index (χ4n) is 2.57. The van der Waals surface area contributed by atoms with Crippen LogP contribution in [-0.4, -0.2) is 43.9 Å². The number of rotatable bonds is 3. The second-order valence-electron chi connectivity index (χ2n) is 5.09. The van der Waals surface area contributed by atoms with Gasteiger partial charge in [-0.3, -0.25) is 4.79 Å². The highest BCUT2D eigenvalue weighted by molar-refractivity contribution is 7.89. The van der Waals surface area contributed by atoms with Crippen molar-refractivity contribution in [2.24, 2.45) is 0 Å². The smallest absolute Gasteiger partial charge is 0.268 e. The van der Waals surface area contributed by atoms with Crippen molar-refractivity contribution in [3.05, 3.63) is 59.0 Å². The number of piperazine rings is 1. The minimum Gasteiger partial charge on any atom is -0.369 e. The van der Waals surface area contributed by atoms with Crippen LogP contribution in [0.25, 0.3) is 0 Å². The summed E-state index contributed by atoms with van der Waals surface area (Å²) in [4.78, 5) is 16.1. The third kappa shape index (κ3) is 2.77. The monoisotopic (exact) mass is 319 g/mol. The number of nitrogens with one attached hydrogen (secondary N) is 1. The van der Waals surface area contributed by atoms with Gasteiger partial charge in [-0.25, -0.2) is 8.42 Å². The lowest BCUT2D eigenvalue weighted by atomic mass is 10.2. The maximum atomic E-state index is 12.5. The van der Waals surface area contributed by atoms with Gasteiger partial charge in [-0.1, -0.05) is 18.2 Å². The van der Waals surface area contributed by atoms with Crippen LogP contribution in [0, 0.1) is 0 Å². The van der Waals surface area contributed by atoms with E-state index in [4.69, 9.17) is 0 Å². The number of anilines is 1. The van der Waals surface area contributed by atoms with E-state index in [0.717, 1.165) is 5.69 Å². The molecule has 6 nitrogen and oxygen atoms in total. The molecule has 1 aliphatic rings. The van der Waals surface area contributed by atoms with Crippen LogP contribution in [-0.2, 0) is 10.0 Å². The lowest BCUT2D eigenvalue weighted by Gasteiger charge is -2.35. The summed E-state index contributed by atoms with van der Waals surface area (Å²) in [6.45, 7) is 1.94. The quantitative estimate of drug-likeness (QED) is 0.912. The van der Waals surface area contributed by atoms with Crippen molar-refractivity contribution in [1.29, 1.82) is 0 Å². The van der Waals surface area contributed by atoms with Crippen LogP contribution in [0.3, 0.4) is 0 Å².